The number of aromatic amines is 1. The fourth-order valence-electron chi connectivity index (χ4n) is 4.19. The number of fused-ring (bicyclic) bond motifs is 1. The minimum absolute atomic E-state index is 0.0146. The number of sulfonamides is 1. The van der Waals surface area contributed by atoms with Crippen molar-refractivity contribution in [1.82, 2.24) is 9.71 Å². The molecule has 1 heterocycles. The predicted octanol–water partition coefficient (Wildman–Crippen LogP) is 4.43. The van der Waals surface area contributed by atoms with Crippen LogP contribution in [0, 0.1) is 0 Å². The largest absolute Gasteiger partial charge is 0.508 e. The molecule has 0 amide bonds. The lowest BCUT2D eigenvalue weighted by atomic mass is 9.96. The Balaban J connectivity index is 1.79. The van der Waals surface area contributed by atoms with E-state index in [1.165, 1.54) is 24.3 Å². The highest BCUT2D eigenvalue weighted by Gasteiger charge is 2.25. The monoisotopic (exact) mass is 462 g/mol. The third kappa shape index (κ3) is 4.56. The van der Waals surface area contributed by atoms with Crippen molar-refractivity contribution in [2.45, 2.75) is 49.5 Å². The summed E-state index contributed by atoms with van der Waals surface area (Å²) in [6, 6.07) is 9.14. The Hall–Kier alpha value is -2.55. The minimum Gasteiger partial charge on any atom is -0.508 e. The summed E-state index contributed by atoms with van der Waals surface area (Å²) in [5.41, 5.74) is 2.09. The van der Waals surface area contributed by atoms with Crippen LogP contribution >= 0.6 is 11.6 Å². The molecule has 0 spiro atoms. The van der Waals surface area contributed by atoms with Gasteiger partial charge in [-0.15, -0.1) is 0 Å². The zero-order valence-corrected chi connectivity index (χ0v) is 18.3. The van der Waals surface area contributed by atoms with Gasteiger partial charge in [-0.25, -0.2) is 13.1 Å². The maximum atomic E-state index is 13.1. The standard InChI is InChI=1S/C22H23ClN2O5S/c23-18-8-6-13(10-20(18)31(29,30)25-14-4-2-1-3-5-14)22-17(12-21(27)28)16-11-15(26)7-9-19(16)24-22/h6-11,14,24-26H,1-5,12H2,(H,27,28). The lowest BCUT2D eigenvalue weighted by molar-refractivity contribution is -0.136. The number of nitrogens with one attached hydrogen (secondary N) is 2. The van der Waals surface area contributed by atoms with Crippen LogP contribution in [0.25, 0.3) is 22.2 Å². The van der Waals surface area contributed by atoms with Crippen LogP contribution in [0.1, 0.15) is 37.7 Å². The van der Waals surface area contributed by atoms with Gasteiger partial charge < -0.3 is 15.2 Å². The number of carboxylic acid groups (broad SMARTS) is 1. The molecule has 0 bridgehead atoms. The van der Waals surface area contributed by atoms with Gasteiger partial charge in [0.2, 0.25) is 10.0 Å². The summed E-state index contributed by atoms with van der Waals surface area (Å²) < 4.78 is 28.9. The molecule has 0 atom stereocenters. The van der Waals surface area contributed by atoms with Gasteiger partial charge in [-0.3, -0.25) is 4.79 Å². The average Bonchev–Trinajstić information content (AvgIpc) is 3.05. The normalized spacial score (nSPS) is 15.4. The van der Waals surface area contributed by atoms with E-state index in [-0.39, 0.29) is 28.1 Å². The number of benzene rings is 2. The second-order valence-corrected chi connectivity index (χ2v) is 9.97. The quantitative estimate of drug-likeness (QED) is 0.432. The van der Waals surface area contributed by atoms with Crippen molar-refractivity contribution in [1.29, 1.82) is 0 Å². The molecule has 1 aromatic heterocycles. The molecule has 164 valence electrons. The number of rotatable bonds is 6. The first-order chi connectivity index (χ1) is 14.7. The Kier molecular flexibility index (Phi) is 5.96. The molecule has 4 N–H and O–H groups in total. The van der Waals surface area contributed by atoms with E-state index in [0.29, 0.717) is 27.7 Å². The van der Waals surface area contributed by atoms with Crippen molar-refractivity contribution in [2.75, 3.05) is 0 Å². The number of aromatic hydroxyl groups is 1. The molecular formula is C22H23ClN2O5S. The number of H-pyrrole nitrogens is 1. The van der Waals surface area contributed by atoms with Gasteiger partial charge in [-0.2, -0.15) is 0 Å². The number of hydrogen-bond acceptors (Lipinski definition) is 4. The van der Waals surface area contributed by atoms with E-state index in [4.69, 9.17) is 11.6 Å². The Morgan fingerprint density at radius 3 is 2.58 bits per heavy atom. The second-order valence-electron chi connectivity index (χ2n) is 7.88. The van der Waals surface area contributed by atoms with Crippen molar-refractivity contribution >= 4 is 38.5 Å². The molecule has 0 unspecified atom stereocenters. The molecule has 0 radical (unpaired) electrons. The molecule has 0 aliphatic heterocycles. The number of carboxylic acids is 1. The van der Waals surface area contributed by atoms with Crippen LogP contribution in [0.5, 0.6) is 5.75 Å². The van der Waals surface area contributed by atoms with E-state index in [1.807, 2.05) is 0 Å². The fourth-order valence-corrected chi connectivity index (χ4v) is 6.02. The van der Waals surface area contributed by atoms with Crippen LogP contribution in [0.15, 0.2) is 41.3 Å². The fraction of sp³-hybridized carbons (Fsp3) is 0.318. The SMILES string of the molecule is O=C(O)Cc1c(-c2ccc(Cl)c(S(=O)(=O)NC3CCCCC3)c2)[nH]c2ccc(O)cc12. The third-order valence-corrected chi connectivity index (χ3v) is 7.66. The lowest BCUT2D eigenvalue weighted by Gasteiger charge is -2.23. The summed E-state index contributed by atoms with van der Waals surface area (Å²) in [6.07, 6.45) is 4.39. The Morgan fingerprint density at radius 1 is 1.13 bits per heavy atom. The molecular weight excluding hydrogens is 440 g/mol. The van der Waals surface area contributed by atoms with Crippen molar-refractivity contribution in [3.63, 3.8) is 0 Å². The van der Waals surface area contributed by atoms with Crippen LogP contribution in [0.3, 0.4) is 0 Å². The van der Waals surface area contributed by atoms with Crippen molar-refractivity contribution in [2.24, 2.45) is 0 Å². The maximum absolute atomic E-state index is 13.1. The van der Waals surface area contributed by atoms with Gasteiger partial charge >= 0.3 is 5.97 Å². The number of phenols is 1. The Labute approximate surface area is 185 Å². The second kappa shape index (κ2) is 8.53. The average molecular weight is 463 g/mol. The van der Waals surface area contributed by atoms with Gasteiger partial charge in [0.15, 0.2) is 0 Å². The summed E-state index contributed by atoms with van der Waals surface area (Å²) in [7, 11) is -3.85. The predicted molar refractivity (Wildman–Crippen MR) is 119 cm³/mol. The zero-order valence-electron chi connectivity index (χ0n) is 16.7. The summed E-state index contributed by atoms with van der Waals surface area (Å²) in [6.45, 7) is 0. The molecule has 4 rings (SSSR count). The molecule has 2 aromatic carbocycles. The van der Waals surface area contributed by atoms with E-state index < -0.39 is 16.0 Å². The summed E-state index contributed by atoms with van der Waals surface area (Å²) in [4.78, 5) is 14.6. The molecule has 1 aliphatic carbocycles. The zero-order chi connectivity index (χ0) is 22.2. The molecule has 7 nitrogen and oxygen atoms in total. The first kappa shape index (κ1) is 21.7. The van der Waals surface area contributed by atoms with Crippen LogP contribution in [0.2, 0.25) is 5.02 Å². The van der Waals surface area contributed by atoms with Gasteiger partial charge in [0.1, 0.15) is 10.6 Å². The van der Waals surface area contributed by atoms with E-state index in [1.54, 1.807) is 12.1 Å². The van der Waals surface area contributed by atoms with Crippen molar-refractivity contribution < 1.29 is 23.4 Å². The minimum atomic E-state index is -3.85. The third-order valence-electron chi connectivity index (χ3n) is 5.65. The summed E-state index contributed by atoms with van der Waals surface area (Å²) >= 11 is 6.25. The number of phenolic OH excluding ortho intramolecular Hbond substituents is 1. The van der Waals surface area contributed by atoms with Gasteiger partial charge in [-0.1, -0.05) is 36.9 Å². The van der Waals surface area contributed by atoms with E-state index in [2.05, 4.69) is 9.71 Å². The van der Waals surface area contributed by atoms with E-state index in [9.17, 15) is 23.4 Å². The first-order valence-corrected chi connectivity index (χ1v) is 12.0. The molecule has 0 saturated heterocycles. The summed E-state index contributed by atoms with van der Waals surface area (Å²) in [5.74, 6) is -1.02. The smallest absolute Gasteiger partial charge is 0.307 e. The van der Waals surface area contributed by atoms with Gasteiger partial charge in [0.25, 0.3) is 0 Å². The van der Waals surface area contributed by atoms with E-state index >= 15 is 0 Å². The van der Waals surface area contributed by atoms with Crippen LogP contribution in [0.4, 0.5) is 0 Å². The summed E-state index contributed by atoms with van der Waals surface area (Å²) in [5, 5.41) is 19.9. The lowest BCUT2D eigenvalue weighted by Crippen LogP contribution is -2.36. The number of aliphatic carboxylic acids is 1. The molecule has 3 aromatic rings. The maximum Gasteiger partial charge on any atom is 0.307 e. The highest BCUT2D eigenvalue weighted by molar-refractivity contribution is 7.89. The van der Waals surface area contributed by atoms with Crippen molar-refractivity contribution in [3.8, 4) is 17.0 Å². The van der Waals surface area contributed by atoms with Crippen LogP contribution in [-0.2, 0) is 21.2 Å². The van der Waals surface area contributed by atoms with Gasteiger partial charge in [0.05, 0.1) is 17.1 Å². The number of aromatic nitrogens is 1. The molecule has 31 heavy (non-hydrogen) atoms. The number of halogens is 1. The van der Waals surface area contributed by atoms with Crippen LogP contribution in [-0.4, -0.2) is 35.6 Å². The molecule has 1 aliphatic rings. The van der Waals surface area contributed by atoms with Crippen LogP contribution < -0.4 is 4.72 Å². The Morgan fingerprint density at radius 2 is 1.87 bits per heavy atom. The highest BCUT2D eigenvalue weighted by Crippen LogP contribution is 2.35. The Bertz CT molecular complexity index is 1250. The topological polar surface area (TPSA) is 119 Å². The highest BCUT2D eigenvalue weighted by atomic mass is 35.5. The molecule has 1 saturated carbocycles. The van der Waals surface area contributed by atoms with Gasteiger partial charge in [0, 0.05) is 16.9 Å². The molecule has 1 fully saturated rings. The number of hydrogen-bond donors (Lipinski definition) is 4. The van der Waals surface area contributed by atoms with Gasteiger partial charge in [-0.05, 0) is 54.3 Å². The first-order valence-electron chi connectivity index (χ1n) is 10.1. The van der Waals surface area contributed by atoms with Crippen molar-refractivity contribution in [3.05, 3.63) is 47.0 Å². The van der Waals surface area contributed by atoms with E-state index in [0.717, 1.165) is 32.1 Å². The molecule has 9 heteroatoms. The number of carbonyl (C=O) groups is 1.